The fourth-order valence-corrected chi connectivity index (χ4v) is 2.50. The molecule has 17 heavy (non-hydrogen) atoms. The number of benzene rings is 1. The third-order valence-corrected chi connectivity index (χ3v) is 3.66. The van der Waals surface area contributed by atoms with Crippen LogP contribution < -0.4 is 5.32 Å². The summed E-state index contributed by atoms with van der Waals surface area (Å²) < 4.78 is 0. The van der Waals surface area contributed by atoms with Crippen LogP contribution in [-0.4, -0.2) is 31.1 Å². The molecule has 1 fully saturated rings. The number of nitrogens with zero attached hydrogens (tertiary/aromatic N) is 1. The van der Waals surface area contributed by atoms with Gasteiger partial charge in [-0.2, -0.15) is 0 Å². The number of hydrogen-bond acceptors (Lipinski definition) is 2. The molecule has 0 aromatic heterocycles. The average Bonchev–Trinajstić information content (AvgIpc) is 2.33. The zero-order chi connectivity index (χ0) is 11.4. The van der Waals surface area contributed by atoms with Crippen LogP contribution >= 0.6 is 12.4 Å². The lowest BCUT2D eigenvalue weighted by Crippen LogP contribution is -2.48. The Morgan fingerprint density at radius 3 is 2.65 bits per heavy atom. The van der Waals surface area contributed by atoms with Crippen LogP contribution in [0.3, 0.4) is 0 Å². The summed E-state index contributed by atoms with van der Waals surface area (Å²) in [6.07, 6.45) is 1.30. The van der Waals surface area contributed by atoms with Gasteiger partial charge in [-0.1, -0.05) is 37.3 Å². The zero-order valence-electron chi connectivity index (χ0n) is 10.7. The highest BCUT2D eigenvalue weighted by molar-refractivity contribution is 5.85. The maximum atomic E-state index is 3.43. The van der Waals surface area contributed by atoms with E-state index in [2.05, 4.69) is 54.5 Å². The van der Waals surface area contributed by atoms with Gasteiger partial charge in [0.05, 0.1) is 0 Å². The number of nitrogens with one attached hydrogen (secondary N) is 1. The minimum atomic E-state index is 0. The number of hydrogen-bond donors (Lipinski definition) is 1. The summed E-state index contributed by atoms with van der Waals surface area (Å²) in [5.41, 5.74) is 1.42. The van der Waals surface area contributed by atoms with Crippen molar-refractivity contribution in [3.63, 3.8) is 0 Å². The van der Waals surface area contributed by atoms with Crippen molar-refractivity contribution in [2.75, 3.05) is 20.1 Å². The van der Waals surface area contributed by atoms with Gasteiger partial charge >= 0.3 is 0 Å². The van der Waals surface area contributed by atoms with E-state index in [1.54, 1.807) is 0 Å². The van der Waals surface area contributed by atoms with Crippen molar-refractivity contribution >= 4 is 12.4 Å². The van der Waals surface area contributed by atoms with Gasteiger partial charge in [-0.15, -0.1) is 12.4 Å². The monoisotopic (exact) mass is 254 g/mol. The third-order valence-electron chi connectivity index (χ3n) is 3.66. The van der Waals surface area contributed by atoms with Gasteiger partial charge in [-0.3, -0.25) is 4.90 Å². The summed E-state index contributed by atoms with van der Waals surface area (Å²) >= 11 is 0. The van der Waals surface area contributed by atoms with E-state index >= 15 is 0 Å². The predicted molar refractivity (Wildman–Crippen MR) is 75.6 cm³/mol. The van der Waals surface area contributed by atoms with Crippen LogP contribution in [0.1, 0.15) is 18.9 Å². The molecule has 1 saturated heterocycles. The highest BCUT2D eigenvalue weighted by atomic mass is 35.5. The van der Waals surface area contributed by atoms with Gasteiger partial charge in [-0.25, -0.2) is 0 Å². The fraction of sp³-hybridized carbons (Fsp3) is 0.571. The van der Waals surface area contributed by atoms with Gasteiger partial charge in [0.25, 0.3) is 0 Å². The van der Waals surface area contributed by atoms with Gasteiger partial charge in [-0.05, 0) is 31.5 Å². The Morgan fingerprint density at radius 2 is 2.00 bits per heavy atom. The fourth-order valence-electron chi connectivity index (χ4n) is 2.50. The molecule has 0 spiro atoms. The van der Waals surface area contributed by atoms with Crippen LogP contribution in [0.2, 0.25) is 0 Å². The van der Waals surface area contributed by atoms with Crippen LogP contribution in [-0.2, 0) is 6.54 Å². The molecular weight excluding hydrogens is 232 g/mol. The Bertz CT molecular complexity index is 315. The lowest BCUT2D eigenvalue weighted by atomic mass is 9.93. The molecule has 0 saturated carbocycles. The Kier molecular flexibility index (Phi) is 5.96. The molecule has 0 amide bonds. The number of rotatable bonds is 3. The third kappa shape index (κ3) is 3.98. The van der Waals surface area contributed by atoms with Crippen LogP contribution in [0.5, 0.6) is 0 Å². The van der Waals surface area contributed by atoms with Gasteiger partial charge in [0.1, 0.15) is 0 Å². The molecule has 2 atom stereocenters. The molecule has 2 rings (SSSR count). The van der Waals surface area contributed by atoms with E-state index in [1.165, 1.54) is 25.1 Å². The van der Waals surface area contributed by atoms with E-state index in [9.17, 15) is 0 Å². The molecule has 1 aromatic rings. The first-order valence-corrected chi connectivity index (χ1v) is 6.23. The van der Waals surface area contributed by atoms with Crippen LogP contribution in [0.4, 0.5) is 0 Å². The highest BCUT2D eigenvalue weighted by Crippen LogP contribution is 2.18. The molecule has 1 aliphatic heterocycles. The highest BCUT2D eigenvalue weighted by Gasteiger charge is 2.24. The molecular formula is C14H23ClN2. The number of piperidine rings is 1. The molecule has 3 heteroatoms. The van der Waals surface area contributed by atoms with E-state index in [0.717, 1.165) is 12.5 Å². The van der Waals surface area contributed by atoms with Crippen LogP contribution in [0.25, 0.3) is 0 Å². The minimum absolute atomic E-state index is 0. The number of halogens is 1. The maximum Gasteiger partial charge on any atom is 0.0234 e. The molecule has 0 aliphatic carbocycles. The van der Waals surface area contributed by atoms with E-state index in [1.807, 2.05) is 0 Å². The first kappa shape index (κ1) is 14.5. The standard InChI is InChI=1S/C14H22N2.ClH/c1-12-8-9-16(11-14(12)15-2)10-13-6-4-3-5-7-13;/h3-7,12,14-15H,8-11H2,1-2H3;1H/t12-,14+;/m1./s1. The molecule has 96 valence electrons. The summed E-state index contributed by atoms with van der Waals surface area (Å²) in [7, 11) is 2.08. The van der Waals surface area contributed by atoms with E-state index < -0.39 is 0 Å². The van der Waals surface area contributed by atoms with Crippen molar-refractivity contribution in [2.45, 2.75) is 25.9 Å². The second-order valence-corrected chi connectivity index (χ2v) is 4.88. The van der Waals surface area contributed by atoms with E-state index in [0.29, 0.717) is 6.04 Å². The molecule has 2 nitrogen and oxygen atoms in total. The molecule has 0 bridgehead atoms. The van der Waals surface area contributed by atoms with Gasteiger partial charge in [0, 0.05) is 19.1 Å². The van der Waals surface area contributed by atoms with E-state index in [-0.39, 0.29) is 12.4 Å². The lowest BCUT2D eigenvalue weighted by molar-refractivity contribution is 0.147. The summed E-state index contributed by atoms with van der Waals surface area (Å²) in [4.78, 5) is 2.55. The van der Waals surface area contributed by atoms with Crippen molar-refractivity contribution in [3.8, 4) is 0 Å². The Hall–Kier alpha value is -0.570. The first-order valence-electron chi connectivity index (χ1n) is 6.23. The number of likely N-dealkylation sites (N-methyl/N-ethyl adjacent to an activating group) is 1. The SMILES string of the molecule is CN[C@H]1CN(Cc2ccccc2)CC[C@H]1C.Cl. The molecule has 1 aromatic carbocycles. The van der Waals surface area contributed by atoms with Gasteiger partial charge in [0.15, 0.2) is 0 Å². The van der Waals surface area contributed by atoms with Gasteiger partial charge < -0.3 is 5.32 Å². The topological polar surface area (TPSA) is 15.3 Å². The average molecular weight is 255 g/mol. The van der Waals surface area contributed by atoms with Gasteiger partial charge in [0.2, 0.25) is 0 Å². The lowest BCUT2D eigenvalue weighted by Gasteiger charge is -2.37. The maximum absolute atomic E-state index is 3.43. The van der Waals surface area contributed by atoms with Crippen molar-refractivity contribution < 1.29 is 0 Å². The summed E-state index contributed by atoms with van der Waals surface area (Å²) in [6.45, 7) is 5.84. The second-order valence-electron chi connectivity index (χ2n) is 4.88. The molecule has 1 aliphatic rings. The van der Waals surface area contributed by atoms with Crippen molar-refractivity contribution in [1.82, 2.24) is 10.2 Å². The minimum Gasteiger partial charge on any atom is -0.315 e. The molecule has 0 radical (unpaired) electrons. The van der Waals surface area contributed by atoms with E-state index in [4.69, 9.17) is 0 Å². The largest absolute Gasteiger partial charge is 0.315 e. The number of likely N-dealkylation sites (tertiary alicyclic amines) is 1. The summed E-state index contributed by atoms with van der Waals surface area (Å²) in [6, 6.07) is 11.4. The Morgan fingerprint density at radius 1 is 1.29 bits per heavy atom. The van der Waals surface area contributed by atoms with Crippen molar-refractivity contribution in [2.24, 2.45) is 5.92 Å². The van der Waals surface area contributed by atoms with Crippen molar-refractivity contribution in [3.05, 3.63) is 35.9 Å². The smallest absolute Gasteiger partial charge is 0.0234 e. The van der Waals surface area contributed by atoms with Crippen LogP contribution in [0.15, 0.2) is 30.3 Å². The summed E-state index contributed by atoms with van der Waals surface area (Å²) in [5.74, 6) is 0.803. The normalized spacial score (nSPS) is 25.3. The second kappa shape index (κ2) is 7.00. The molecule has 1 N–H and O–H groups in total. The first-order chi connectivity index (χ1) is 7.79. The predicted octanol–water partition coefficient (Wildman–Crippen LogP) is 2.54. The quantitative estimate of drug-likeness (QED) is 0.892. The molecule has 1 heterocycles. The Labute approximate surface area is 111 Å². The van der Waals surface area contributed by atoms with Crippen LogP contribution in [0, 0.1) is 5.92 Å². The molecule has 0 unspecified atom stereocenters. The summed E-state index contributed by atoms with van der Waals surface area (Å²) in [5, 5.41) is 3.43. The van der Waals surface area contributed by atoms with Crippen molar-refractivity contribution in [1.29, 1.82) is 0 Å². The zero-order valence-corrected chi connectivity index (χ0v) is 11.5. The Balaban J connectivity index is 0.00000144.